The van der Waals surface area contributed by atoms with E-state index in [0.29, 0.717) is 0 Å². The van der Waals surface area contributed by atoms with Crippen molar-refractivity contribution in [3.8, 4) is 5.75 Å². The fraction of sp³-hybridized carbons (Fsp3) is 0.538. The minimum atomic E-state index is -0.181. The summed E-state index contributed by atoms with van der Waals surface area (Å²) in [5.41, 5.74) is -0.181. The van der Waals surface area contributed by atoms with E-state index in [0.717, 1.165) is 17.9 Å². The Morgan fingerprint density at radius 2 is 2.00 bits per heavy atom. The number of nitrogens with one attached hydrogen (secondary N) is 1. The van der Waals surface area contributed by atoms with Crippen LogP contribution in [0.3, 0.4) is 0 Å². The van der Waals surface area contributed by atoms with Gasteiger partial charge in [0.15, 0.2) is 0 Å². The Morgan fingerprint density at radius 3 is 2.47 bits per heavy atom. The monoisotopic (exact) mass is 255 g/mol. The largest absolute Gasteiger partial charge is 0.497 e. The third-order valence-corrected chi connectivity index (χ3v) is 3.95. The maximum absolute atomic E-state index is 9.26. The van der Waals surface area contributed by atoms with Gasteiger partial charge in [-0.2, -0.15) is 0 Å². The number of aliphatic hydroxyl groups is 1. The van der Waals surface area contributed by atoms with Gasteiger partial charge in [0, 0.05) is 10.4 Å². The van der Waals surface area contributed by atoms with Crippen molar-refractivity contribution in [3.05, 3.63) is 24.3 Å². The Kier molecular flexibility index (Phi) is 5.82. The highest BCUT2D eigenvalue weighted by molar-refractivity contribution is 7.99. The first-order chi connectivity index (χ1) is 8.13. The molecule has 1 unspecified atom stereocenters. The van der Waals surface area contributed by atoms with Crippen molar-refractivity contribution in [1.82, 2.24) is 5.32 Å². The van der Waals surface area contributed by atoms with Gasteiger partial charge in [0.25, 0.3) is 0 Å². The van der Waals surface area contributed by atoms with Crippen LogP contribution in [0.2, 0.25) is 0 Å². The Hall–Kier alpha value is -0.710. The first kappa shape index (κ1) is 14.4. The van der Waals surface area contributed by atoms with Gasteiger partial charge in [0.05, 0.1) is 13.7 Å². The van der Waals surface area contributed by atoms with Gasteiger partial charge in [-0.15, -0.1) is 11.8 Å². The number of ether oxygens (including phenoxy) is 1. The van der Waals surface area contributed by atoms with Crippen molar-refractivity contribution >= 4 is 11.8 Å². The number of rotatable bonds is 7. The van der Waals surface area contributed by atoms with Crippen LogP contribution in [-0.2, 0) is 0 Å². The molecule has 96 valence electrons. The predicted octanol–water partition coefficient (Wildman–Crippen LogP) is 2.15. The summed E-state index contributed by atoms with van der Waals surface area (Å²) in [6.07, 6.45) is 0.927. The maximum Gasteiger partial charge on any atom is 0.118 e. The summed E-state index contributed by atoms with van der Waals surface area (Å²) in [5.74, 6) is 1.86. The number of hydrogen-bond acceptors (Lipinski definition) is 4. The van der Waals surface area contributed by atoms with E-state index >= 15 is 0 Å². The van der Waals surface area contributed by atoms with Crippen molar-refractivity contribution in [2.75, 3.05) is 26.5 Å². The van der Waals surface area contributed by atoms with Crippen LogP contribution >= 0.6 is 11.8 Å². The Morgan fingerprint density at radius 1 is 1.35 bits per heavy atom. The second-order valence-corrected chi connectivity index (χ2v) is 5.41. The van der Waals surface area contributed by atoms with Crippen LogP contribution in [0.4, 0.5) is 0 Å². The topological polar surface area (TPSA) is 41.5 Å². The fourth-order valence-corrected chi connectivity index (χ4v) is 2.47. The average Bonchev–Trinajstić information content (AvgIpc) is 2.39. The highest BCUT2D eigenvalue weighted by Gasteiger charge is 2.19. The molecule has 1 atom stereocenters. The van der Waals surface area contributed by atoms with Gasteiger partial charge in [-0.1, -0.05) is 0 Å². The Balaban J connectivity index is 2.40. The highest BCUT2D eigenvalue weighted by Crippen LogP contribution is 2.23. The molecular weight excluding hydrogens is 234 g/mol. The lowest BCUT2D eigenvalue weighted by Crippen LogP contribution is -2.43. The van der Waals surface area contributed by atoms with E-state index < -0.39 is 0 Å². The normalized spacial score (nSPS) is 14.4. The molecule has 0 aliphatic carbocycles. The summed E-state index contributed by atoms with van der Waals surface area (Å²) in [4.78, 5) is 1.22. The van der Waals surface area contributed by atoms with Crippen LogP contribution in [0.25, 0.3) is 0 Å². The molecule has 0 spiro atoms. The smallest absolute Gasteiger partial charge is 0.118 e. The Bertz CT molecular complexity index is 323. The van der Waals surface area contributed by atoms with E-state index in [1.807, 2.05) is 26.1 Å². The first-order valence-electron chi connectivity index (χ1n) is 5.70. The van der Waals surface area contributed by atoms with E-state index in [9.17, 15) is 5.11 Å². The molecule has 3 nitrogen and oxygen atoms in total. The summed E-state index contributed by atoms with van der Waals surface area (Å²) >= 11 is 1.79. The molecule has 4 heteroatoms. The minimum absolute atomic E-state index is 0.159. The quantitative estimate of drug-likeness (QED) is 0.733. The van der Waals surface area contributed by atoms with Gasteiger partial charge < -0.3 is 15.2 Å². The van der Waals surface area contributed by atoms with Crippen molar-refractivity contribution < 1.29 is 9.84 Å². The van der Waals surface area contributed by atoms with Crippen LogP contribution in [0.5, 0.6) is 5.75 Å². The van der Waals surface area contributed by atoms with Crippen LogP contribution < -0.4 is 10.1 Å². The SMILES string of the molecule is CNC(C)(CO)CCSc1ccc(OC)cc1. The lowest BCUT2D eigenvalue weighted by Gasteiger charge is -2.26. The molecule has 0 bridgehead atoms. The van der Waals surface area contributed by atoms with Gasteiger partial charge in [0.1, 0.15) is 5.75 Å². The molecule has 1 aromatic rings. The van der Waals surface area contributed by atoms with E-state index in [2.05, 4.69) is 17.4 Å². The van der Waals surface area contributed by atoms with Gasteiger partial charge in [0.2, 0.25) is 0 Å². The summed E-state index contributed by atoms with van der Waals surface area (Å²) in [7, 11) is 3.55. The molecule has 0 aliphatic rings. The summed E-state index contributed by atoms with van der Waals surface area (Å²) in [6.45, 7) is 2.19. The Labute approximate surface area is 108 Å². The van der Waals surface area contributed by atoms with Crippen molar-refractivity contribution in [1.29, 1.82) is 0 Å². The van der Waals surface area contributed by atoms with E-state index in [-0.39, 0.29) is 12.1 Å². The summed E-state index contributed by atoms with van der Waals surface area (Å²) < 4.78 is 5.11. The molecule has 1 aromatic carbocycles. The van der Waals surface area contributed by atoms with Crippen LogP contribution in [0, 0.1) is 0 Å². The number of likely N-dealkylation sites (N-methyl/N-ethyl adjacent to an activating group) is 1. The lowest BCUT2D eigenvalue weighted by atomic mass is 10.0. The maximum atomic E-state index is 9.26. The molecule has 17 heavy (non-hydrogen) atoms. The minimum Gasteiger partial charge on any atom is -0.497 e. The zero-order valence-corrected chi connectivity index (χ0v) is 11.5. The standard InChI is InChI=1S/C13H21NO2S/c1-13(10-15,14-2)8-9-17-12-6-4-11(16-3)5-7-12/h4-7,14-15H,8-10H2,1-3H3. The van der Waals surface area contributed by atoms with Crippen molar-refractivity contribution in [3.63, 3.8) is 0 Å². The molecule has 0 saturated heterocycles. The molecule has 2 N–H and O–H groups in total. The lowest BCUT2D eigenvalue weighted by molar-refractivity contribution is 0.179. The number of hydrogen-bond donors (Lipinski definition) is 2. The average molecular weight is 255 g/mol. The zero-order valence-electron chi connectivity index (χ0n) is 10.7. The van der Waals surface area contributed by atoms with Gasteiger partial charge in [-0.05, 0) is 50.4 Å². The summed E-state index contributed by atoms with van der Waals surface area (Å²) in [6, 6.07) is 8.04. The number of aliphatic hydroxyl groups excluding tert-OH is 1. The van der Waals surface area contributed by atoms with Crippen LogP contribution in [0.1, 0.15) is 13.3 Å². The molecule has 0 radical (unpaired) electrons. The van der Waals surface area contributed by atoms with E-state index in [1.54, 1.807) is 18.9 Å². The predicted molar refractivity (Wildman–Crippen MR) is 72.9 cm³/mol. The van der Waals surface area contributed by atoms with E-state index in [4.69, 9.17) is 4.74 Å². The van der Waals surface area contributed by atoms with Gasteiger partial charge >= 0.3 is 0 Å². The van der Waals surface area contributed by atoms with Gasteiger partial charge in [-0.25, -0.2) is 0 Å². The van der Waals surface area contributed by atoms with Gasteiger partial charge in [-0.3, -0.25) is 0 Å². The molecule has 0 heterocycles. The molecule has 0 amide bonds. The zero-order chi connectivity index (χ0) is 12.7. The highest BCUT2D eigenvalue weighted by atomic mass is 32.2. The van der Waals surface area contributed by atoms with E-state index in [1.165, 1.54) is 4.90 Å². The molecule has 0 aliphatic heterocycles. The second kappa shape index (κ2) is 6.89. The summed E-state index contributed by atoms with van der Waals surface area (Å²) in [5, 5.41) is 12.4. The third kappa shape index (κ3) is 4.58. The molecule has 1 rings (SSSR count). The third-order valence-electron chi connectivity index (χ3n) is 2.93. The van der Waals surface area contributed by atoms with Crippen LogP contribution in [0.15, 0.2) is 29.2 Å². The number of thioether (sulfide) groups is 1. The second-order valence-electron chi connectivity index (χ2n) is 4.24. The first-order valence-corrected chi connectivity index (χ1v) is 6.69. The molecule has 0 fully saturated rings. The fourth-order valence-electron chi connectivity index (χ4n) is 1.35. The number of benzene rings is 1. The molecule has 0 aromatic heterocycles. The van der Waals surface area contributed by atoms with Crippen LogP contribution in [-0.4, -0.2) is 37.2 Å². The van der Waals surface area contributed by atoms with Crippen molar-refractivity contribution in [2.45, 2.75) is 23.8 Å². The molecule has 0 saturated carbocycles. The van der Waals surface area contributed by atoms with Crippen molar-refractivity contribution in [2.24, 2.45) is 0 Å². The number of methoxy groups -OCH3 is 1. The molecular formula is C13H21NO2S.